The highest BCUT2D eigenvalue weighted by atomic mass is 35.5. The van der Waals surface area contributed by atoms with E-state index in [1.54, 1.807) is 19.9 Å². The summed E-state index contributed by atoms with van der Waals surface area (Å²) in [7, 11) is 0. The van der Waals surface area contributed by atoms with Gasteiger partial charge in [-0.25, -0.2) is 8.78 Å². The minimum atomic E-state index is -1.61. The number of hydrogen-bond acceptors (Lipinski definition) is 4. The molecule has 0 heterocycles. The second kappa shape index (κ2) is 8.60. The van der Waals surface area contributed by atoms with Crippen molar-refractivity contribution in [3.05, 3.63) is 69.6 Å². The Bertz CT molecular complexity index is 977. The molecule has 0 amide bonds. The van der Waals surface area contributed by atoms with Gasteiger partial charge in [-0.2, -0.15) is 9.65 Å². The molecule has 2 aromatic carbocycles. The van der Waals surface area contributed by atoms with Crippen LogP contribution < -0.4 is 10.5 Å². The molecule has 0 radical (unpaired) electrons. The van der Waals surface area contributed by atoms with Gasteiger partial charge in [0.2, 0.25) is 5.82 Å². The zero-order valence-corrected chi connectivity index (χ0v) is 15.2. The van der Waals surface area contributed by atoms with Gasteiger partial charge < -0.3 is 10.5 Å². The standard InChI is InChI=1S/C19H15ClF3N3O/c1-10(25)14(9-27-17-6-5-16(21)18(22)19(17)23)11(2)26-13-4-3-12(8-24)15(20)7-13/h3-7H,9,25H2,1-2H3. The fraction of sp³-hybridized carbons (Fsp3) is 0.158. The molecule has 2 rings (SSSR count). The van der Waals surface area contributed by atoms with Crippen LogP contribution in [-0.4, -0.2) is 12.3 Å². The molecule has 2 aromatic rings. The van der Waals surface area contributed by atoms with Gasteiger partial charge in [-0.3, -0.25) is 4.99 Å². The zero-order chi connectivity index (χ0) is 20.1. The molecule has 0 aliphatic heterocycles. The molecule has 0 unspecified atom stereocenters. The molecule has 0 saturated carbocycles. The number of nitrogens with two attached hydrogens (primary N) is 1. The van der Waals surface area contributed by atoms with Gasteiger partial charge in [-0.05, 0) is 44.2 Å². The van der Waals surface area contributed by atoms with Crippen LogP contribution in [0.15, 0.2) is 46.6 Å². The Morgan fingerprint density at radius 3 is 2.48 bits per heavy atom. The first-order valence-electron chi connectivity index (χ1n) is 7.71. The molecular weight excluding hydrogens is 379 g/mol. The minimum absolute atomic E-state index is 0.205. The molecule has 0 aliphatic carbocycles. The van der Waals surface area contributed by atoms with E-state index in [0.717, 1.165) is 12.1 Å². The normalized spacial score (nSPS) is 12.4. The van der Waals surface area contributed by atoms with Crippen molar-refractivity contribution < 1.29 is 17.9 Å². The Balaban J connectivity index is 2.25. The van der Waals surface area contributed by atoms with Crippen molar-refractivity contribution in [1.29, 1.82) is 5.26 Å². The maximum Gasteiger partial charge on any atom is 0.203 e. The number of halogens is 4. The lowest BCUT2D eigenvalue weighted by Gasteiger charge is -2.13. The van der Waals surface area contributed by atoms with Crippen molar-refractivity contribution in [2.24, 2.45) is 10.7 Å². The van der Waals surface area contributed by atoms with Crippen molar-refractivity contribution in [2.45, 2.75) is 13.8 Å². The molecule has 0 fully saturated rings. The maximum absolute atomic E-state index is 13.7. The monoisotopic (exact) mass is 393 g/mol. The van der Waals surface area contributed by atoms with Crippen LogP contribution in [0.4, 0.5) is 18.9 Å². The van der Waals surface area contributed by atoms with Crippen LogP contribution in [-0.2, 0) is 0 Å². The second-order valence-electron chi connectivity index (χ2n) is 5.60. The number of aliphatic imine (C=N–C) groups is 1. The van der Waals surface area contributed by atoms with Crippen molar-refractivity contribution >= 4 is 23.0 Å². The van der Waals surface area contributed by atoms with Gasteiger partial charge in [-0.1, -0.05) is 11.6 Å². The Labute approximate surface area is 159 Å². The molecule has 27 heavy (non-hydrogen) atoms. The predicted octanol–water partition coefficient (Wildman–Crippen LogP) is 5.03. The maximum atomic E-state index is 13.7. The summed E-state index contributed by atoms with van der Waals surface area (Å²) in [5.74, 6) is -4.78. The summed E-state index contributed by atoms with van der Waals surface area (Å²) in [6.45, 7) is 3.05. The van der Waals surface area contributed by atoms with Crippen LogP contribution in [0.2, 0.25) is 5.02 Å². The number of hydrogen-bond donors (Lipinski definition) is 1. The molecule has 140 valence electrons. The van der Waals surface area contributed by atoms with Crippen LogP contribution in [0.3, 0.4) is 0 Å². The molecule has 0 saturated heterocycles. The van der Waals surface area contributed by atoms with E-state index in [4.69, 9.17) is 27.3 Å². The van der Waals surface area contributed by atoms with Crippen molar-refractivity contribution in [2.75, 3.05) is 6.61 Å². The van der Waals surface area contributed by atoms with Gasteiger partial charge in [0.1, 0.15) is 12.7 Å². The number of nitrogens with zero attached hydrogens (tertiary/aromatic N) is 2. The van der Waals surface area contributed by atoms with Gasteiger partial charge >= 0.3 is 0 Å². The predicted molar refractivity (Wildman–Crippen MR) is 97.6 cm³/mol. The van der Waals surface area contributed by atoms with Crippen molar-refractivity contribution in [3.63, 3.8) is 0 Å². The number of ether oxygens (including phenoxy) is 1. The van der Waals surface area contributed by atoms with E-state index < -0.39 is 23.2 Å². The smallest absolute Gasteiger partial charge is 0.203 e. The molecule has 0 aromatic heterocycles. The highest BCUT2D eigenvalue weighted by Gasteiger charge is 2.16. The Morgan fingerprint density at radius 1 is 1.19 bits per heavy atom. The van der Waals surface area contributed by atoms with Crippen LogP contribution in [0.1, 0.15) is 19.4 Å². The first-order valence-corrected chi connectivity index (χ1v) is 8.09. The summed E-state index contributed by atoms with van der Waals surface area (Å²) in [6, 6.07) is 8.36. The average molecular weight is 394 g/mol. The van der Waals surface area contributed by atoms with E-state index in [1.807, 2.05) is 6.07 Å². The summed E-state index contributed by atoms with van der Waals surface area (Å²) >= 11 is 5.98. The molecular formula is C19H15ClF3N3O. The van der Waals surface area contributed by atoms with Crippen LogP contribution >= 0.6 is 11.6 Å². The third-order valence-electron chi connectivity index (χ3n) is 3.65. The summed E-state index contributed by atoms with van der Waals surface area (Å²) < 4.78 is 45.3. The van der Waals surface area contributed by atoms with Gasteiger partial charge in [-0.15, -0.1) is 0 Å². The Kier molecular flexibility index (Phi) is 6.48. The van der Waals surface area contributed by atoms with Gasteiger partial charge in [0.25, 0.3) is 0 Å². The summed E-state index contributed by atoms with van der Waals surface area (Å²) in [5.41, 5.74) is 7.90. The average Bonchev–Trinajstić information content (AvgIpc) is 2.61. The number of benzene rings is 2. The lowest BCUT2D eigenvalue weighted by molar-refractivity contribution is 0.321. The highest BCUT2D eigenvalue weighted by molar-refractivity contribution is 6.32. The number of nitriles is 1. The van der Waals surface area contributed by atoms with Crippen LogP contribution in [0.25, 0.3) is 0 Å². The molecule has 0 bridgehead atoms. The summed E-state index contributed by atoms with van der Waals surface area (Å²) in [5, 5.41) is 9.15. The first-order chi connectivity index (χ1) is 12.7. The van der Waals surface area contributed by atoms with E-state index >= 15 is 0 Å². The first kappa shape index (κ1) is 20.3. The summed E-state index contributed by atoms with van der Waals surface area (Å²) in [6.07, 6.45) is 0. The molecule has 4 nitrogen and oxygen atoms in total. The van der Waals surface area contributed by atoms with E-state index in [-0.39, 0.29) is 11.6 Å². The number of rotatable bonds is 5. The molecule has 0 aliphatic rings. The van der Waals surface area contributed by atoms with Gasteiger partial charge in [0.05, 0.1) is 16.3 Å². The highest BCUT2D eigenvalue weighted by Crippen LogP contribution is 2.25. The Hall–Kier alpha value is -2.98. The van der Waals surface area contributed by atoms with E-state index in [1.165, 1.54) is 12.1 Å². The zero-order valence-electron chi connectivity index (χ0n) is 14.5. The van der Waals surface area contributed by atoms with Crippen LogP contribution in [0, 0.1) is 28.8 Å². The third kappa shape index (κ3) is 4.80. The molecule has 2 N–H and O–H groups in total. The van der Waals surface area contributed by atoms with Gasteiger partial charge in [0, 0.05) is 17.0 Å². The molecule has 8 heteroatoms. The lowest BCUT2D eigenvalue weighted by atomic mass is 10.1. The fourth-order valence-corrected chi connectivity index (χ4v) is 2.42. The number of allylic oxidation sites excluding steroid dienone is 1. The largest absolute Gasteiger partial charge is 0.486 e. The van der Waals surface area contributed by atoms with E-state index in [2.05, 4.69) is 4.99 Å². The van der Waals surface area contributed by atoms with Crippen molar-refractivity contribution in [1.82, 2.24) is 0 Å². The quantitative estimate of drug-likeness (QED) is 0.571. The van der Waals surface area contributed by atoms with Gasteiger partial charge in [0.15, 0.2) is 17.4 Å². The van der Waals surface area contributed by atoms with E-state index in [9.17, 15) is 13.2 Å². The van der Waals surface area contributed by atoms with Crippen molar-refractivity contribution in [3.8, 4) is 11.8 Å². The topological polar surface area (TPSA) is 71.4 Å². The molecule has 0 spiro atoms. The van der Waals surface area contributed by atoms with Crippen LogP contribution in [0.5, 0.6) is 5.75 Å². The second-order valence-corrected chi connectivity index (χ2v) is 6.00. The summed E-state index contributed by atoms with van der Waals surface area (Å²) in [4.78, 5) is 4.36. The molecule has 0 atom stereocenters. The minimum Gasteiger partial charge on any atom is -0.486 e. The van der Waals surface area contributed by atoms with E-state index in [0.29, 0.717) is 28.2 Å². The lowest BCUT2D eigenvalue weighted by Crippen LogP contribution is -2.15. The Morgan fingerprint density at radius 2 is 1.89 bits per heavy atom. The fourth-order valence-electron chi connectivity index (χ4n) is 2.20. The third-order valence-corrected chi connectivity index (χ3v) is 3.97. The SMILES string of the molecule is CC(=Nc1ccc(C#N)c(Cl)c1)C(COc1ccc(F)c(F)c1F)=C(C)N.